The first-order valence-electron chi connectivity index (χ1n) is 7.75. The molecular formula is C16H23N3O2. The summed E-state index contributed by atoms with van der Waals surface area (Å²) in [5.41, 5.74) is 0.747. The number of ether oxygens (including phenoxy) is 1. The third kappa shape index (κ3) is 3.19. The van der Waals surface area contributed by atoms with E-state index >= 15 is 0 Å². The maximum atomic E-state index is 12.5. The number of carbonyl (C=O) groups is 1. The molecule has 2 aliphatic heterocycles. The highest BCUT2D eigenvalue weighted by Gasteiger charge is 2.29. The number of benzene rings is 1. The van der Waals surface area contributed by atoms with E-state index < -0.39 is 0 Å². The second-order valence-electron chi connectivity index (χ2n) is 5.60. The second-order valence-corrected chi connectivity index (χ2v) is 5.60. The van der Waals surface area contributed by atoms with Crippen molar-refractivity contribution >= 4 is 5.91 Å². The minimum absolute atomic E-state index is 0.129. The lowest BCUT2D eigenvalue weighted by atomic mass is 10.1. The average molecular weight is 289 g/mol. The SMILES string of the molecule is CCOc1ccc(C(=O)N2CCN(C3CNC3)CC2)cc1. The first-order chi connectivity index (χ1) is 10.3. The number of piperazine rings is 1. The molecule has 0 spiro atoms. The number of carbonyl (C=O) groups excluding carboxylic acids is 1. The Morgan fingerprint density at radius 3 is 2.38 bits per heavy atom. The molecule has 0 saturated carbocycles. The van der Waals surface area contributed by atoms with Crippen molar-refractivity contribution in [1.82, 2.24) is 15.1 Å². The summed E-state index contributed by atoms with van der Waals surface area (Å²) in [5.74, 6) is 0.945. The number of rotatable bonds is 4. The van der Waals surface area contributed by atoms with E-state index in [-0.39, 0.29) is 5.91 Å². The number of nitrogens with zero attached hydrogens (tertiary/aromatic N) is 2. The Kier molecular flexibility index (Phi) is 4.41. The summed E-state index contributed by atoms with van der Waals surface area (Å²) in [5, 5.41) is 3.30. The van der Waals surface area contributed by atoms with Crippen molar-refractivity contribution in [3.63, 3.8) is 0 Å². The van der Waals surface area contributed by atoms with Crippen LogP contribution in [0.15, 0.2) is 24.3 Å². The summed E-state index contributed by atoms with van der Waals surface area (Å²) >= 11 is 0. The van der Waals surface area contributed by atoms with E-state index in [0.29, 0.717) is 12.6 Å². The van der Waals surface area contributed by atoms with Crippen LogP contribution in [0.3, 0.4) is 0 Å². The highest BCUT2D eigenvalue weighted by atomic mass is 16.5. The highest BCUT2D eigenvalue weighted by molar-refractivity contribution is 5.94. The van der Waals surface area contributed by atoms with Crippen LogP contribution in [0.25, 0.3) is 0 Å². The van der Waals surface area contributed by atoms with Gasteiger partial charge in [-0.05, 0) is 31.2 Å². The highest BCUT2D eigenvalue weighted by Crippen LogP contribution is 2.16. The molecule has 2 saturated heterocycles. The molecule has 0 bridgehead atoms. The van der Waals surface area contributed by atoms with Crippen LogP contribution < -0.4 is 10.1 Å². The Morgan fingerprint density at radius 2 is 1.86 bits per heavy atom. The van der Waals surface area contributed by atoms with Crippen molar-refractivity contribution in [3.05, 3.63) is 29.8 Å². The van der Waals surface area contributed by atoms with E-state index in [1.807, 2.05) is 36.1 Å². The monoisotopic (exact) mass is 289 g/mol. The zero-order chi connectivity index (χ0) is 14.7. The van der Waals surface area contributed by atoms with E-state index in [1.54, 1.807) is 0 Å². The van der Waals surface area contributed by atoms with Crippen LogP contribution in [0.1, 0.15) is 17.3 Å². The van der Waals surface area contributed by atoms with Crippen molar-refractivity contribution in [2.24, 2.45) is 0 Å². The summed E-state index contributed by atoms with van der Waals surface area (Å²) < 4.78 is 5.41. The minimum Gasteiger partial charge on any atom is -0.494 e. The first kappa shape index (κ1) is 14.4. The fraction of sp³-hybridized carbons (Fsp3) is 0.562. The Morgan fingerprint density at radius 1 is 1.19 bits per heavy atom. The van der Waals surface area contributed by atoms with Crippen molar-refractivity contribution in [1.29, 1.82) is 0 Å². The quantitative estimate of drug-likeness (QED) is 0.891. The Bertz CT molecular complexity index is 477. The van der Waals surface area contributed by atoms with Crippen molar-refractivity contribution < 1.29 is 9.53 Å². The Labute approximate surface area is 125 Å². The number of hydrogen-bond donors (Lipinski definition) is 1. The fourth-order valence-electron chi connectivity index (χ4n) is 2.86. The van der Waals surface area contributed by atoms with Crippen LogP contribution in [0.4, 0.5) is 0 Å². The number of nitrogens with one attached hydrogen (secondary N) is 1. The van der Waals surface area contributed by atoms with Crippen LogP contribution in [0.5, 0.6) is 5.75 Å². The van der Waals surface area contributed by atoms with Gasteiger partial charge in [-0.3, -0.25) is 9.69 Å². The van der Waals surface area contributed by atoms with Crippen LogP contribution in [-0.4, -0.2) is 67.6 Å². The van der Waals surface area contributed by atoms with Gasteiger partial charge in [0.1, 0.15) is 5.75 Å². The first-order valence-corrected chi connectivity index (χ1v) is 7.75. The van der Waals surface area contributed by atoms with E-state index in [9.17, 15) is 4.79 Å². The molecule has 1 N–H and O–H groups in total. The summed E-state index contributed by atoms with van der Waals surface area (Å²) in [6, 6.07) is 8.12. The molecular weight excluding hydrogens is 266 g/mol. The molecule has 0 atom stereocenters. The maximum Gasteiger partial charge on any atom is 0.253 e. The molecule has 2 heterocycles. The van der Waals surface area contributed by atoms with Crippen LogP contribution in [0, 0.1) is 0 Å². The van der Waals surface area contributed by atoms with Crippen molar-refractivity contribution in [3.8, 4) is 5.75 Å². The average Bonchev–Trinajstić information content (AvgIpc) is 2.47. The lowest BCUT2D eigenvalue weighted by molar-refractivity contribution is 0.0502. The van der Waals surface area contributed by atoms with Crippen molar-refractivity contribution in [2.45, 2.75) is 13.0 Å². The van der Waals surface area contributed by atoms with E-state index in [1.165, 1.54) is 0 Å². The van der Waals surface area contributed by atoms with Gasteiger partial charge in [0.05, 0.1) is 6.61 Å². The van der Waals surface area contributed by atoms with Gasteiger partial charge in [-0.1, -0.05) is 0 Å². The van der Waals surface area contributed by atoms with Gasteiger partial charge < -0.3 is 15.0 Å². The second kappa shape index (κ2) is 6.45. The smallest absolute Gasteiger partial charge is 0.253 e. The third-order valence-electron chi connectivity index (χ3n) is 4.29. The zero-order valence-electron chi connectivity index (χ0n) is 12.5. The molecule has 3 rings (SSSR count). The van der Waals surface area contributed by atoms with Crippen LogP contribution in [0.2, 0.25) is 0 Å². The fourth-order valence-corrected chi connectivity index (χ4v) is 2.86. The molecule has 1 aromatic rings. The maximum absolute atomic E-state index is 12.5. The summed E-state index contributed by atoms with van der Waals surface area (Å²) in [4.78, 5) is 16.9. The lowest BCUT2D eigenvalue weighted by Gasteiger charge is -2.43. The lowest BCUT2D eigenvalue weighted by Crippen LogP contribution is -2.62. The predicted octanol–water partition coefficient (Wildman–Crippen LogP) is 0.815. The predicted molar refractivity (Wildman–Crippen MR) is 81.7 cm³/mol. The van der Waals surface area contributed by atoms with Crippen molar-refractivity contribution in [2.75, 3.05) is 45.9 Å². The normalized spacial score (nSPS) is 20.1. The number of hydrogen-bond acceptors (Lipinski definition) is 4. The van der Waals surface area contributed by atoms with Crippen LogP contribution in [-0.2, 0) is 0 Å². The topological polar surface area (TPSA) is 44.8 Å². The molecule has 0 aliphatic carbocycles. The molecule has 0 aromatic heterocycles. The molecule has 5 heteroatoms. The van der Waals surface area contributed by atoms with Gasteiger partial charge in [0.2, 0.25) is 0 Å². The molecule has 5 nitrogen and oxygen atoms in total. The third-order valence-corrected chi connectivity index (χ3v) is 4.29. The largest absolute Gasteiger partial charge is 0.494 e. The molecule has 2 aliphatic rings. The summed E-state index contributed by atoms with van der Waals surface area (Å²) in [6.45, 7) is 8.39. The molecule has 1 aromatic carbocycles. The molecule has 21 heavy (non-hydrogen) atoms. The van der Waals surface area contributed by atoms with Gasteiger partial charge in [-0.25, -0.2) is 0 Å². The summed E-state index contributed by atoms with van der Waals surface area (Å²) in [6.07, 6.45) is 0. The minimum atomic E-state index is 0.129. The summed E-state index contributed by atoms with van der Waals surface area (Å²) in [7, 11) is 0. The van der Waals surface area contributed by atoms with E-state index in [2.05, 4.69) is 10.2 Å². The molecule has 0 radical (unpaired) electrons. The van der Waals surface area contributed by atoms with Gasteiger partial charge in [-0.2, -0.15) is 0 Å². The Hall–Kier alpha value is -1.59. The Balaban J connectivity index is 1.55. The van der Waals surface area contributed by atoms with Gasteiger partial charge in [0.25, 0.3) is 5.91 Å². The molecule has 0 unspecified atom stereocenters. The molecule has 114 valence electrons. The van der Waals surface area contributed by atoms with Gasteiger partial charge in [-0.15, -0.1) is 0 Å². The zero-order valence-corrected chi connectivity index (χ0v) is 12.5. The van der Waals surface area contributed by atoms with Gasteiger partial charge in [0, 0.05) is 50.9 Å². The molecule has 2 fully saturated rings. The van der Waals surface area contributed by atoms with E-state index in [4.69, 9.17) is 4.74 Å². The molecule has 1 amide bonds. The van der Waals surface area contributed by atoms with Crippen LogP contribution >= 0.6 is 0 Å². The van der Waals surface area contributed by atoms with Gasteiger partial charge >= 0.3 is 0 Å². The van der Waals surface area contributed by atoms with E-state index in [0.717, 1.165) is 50.6 Å². The standard InChI is InChI=1S/C16H23N3O2/c1-2-21-15-5-3-13(4-6-15)16(20)19-9-7-18(8-10-19)14-11-17-12-14/h3-6,14,17H,2,7-12H2,1H3. The number of amides is 1. The van der Waals surface area contributed by atoms with Gasteiger partial charge in [0.15, 0.2) is 0 Å².